The molecule has 1 amide bonds. The topological polar surface area (TPSA) is 102 Å². The van der Waals surface area contributed by atoms with E-state index in [2.05, 4.69) is 20.4 Å². The Hall–Kier alpha value is -3.52. The molecule has 8 nitrogen and oxygen atoms in total. The van der Waals surface area contributed by atoms with E-state index in [0.29, 0.717) is 29.7 Å². The zero-order valence-corrected chi connectivity index (χ0v) is 18.1. The summed E-state index contributed by atoms with van der Waals surface area (Å²) in [5.41, 5.74) is 3.43. The van der Waals surface area contributed by atoms with Crippen molar-refractivity contribution in [2.75, 3.05) is 13.2 Å². The van der Waals surface area contributed by atoms with Crippen molar-refractivity contribution in [3.63, 3.8) is 0 Å². The lowest BCUT2D eigenvalue weighted by atomic mass is 10.0. The fourth-order valence-electron chi connectivity index (χ4n) is 4.43. The zero-order valence-electron chi connectivity index (χ0n) is 18.1. The average molecular weight is 431 g/mol. The van der Waals surface area contributed by atoms with E-state index in [-0.39, 0.29) is 23.6 Å². The van der Waals surface area contributed by atoms with E-state index in [0.717, 1.165) is 35.0 Å². The molecule has 4 aromatic rings. The molecule has 1 aliphatic heterocycles. The van der Waals surface area contributed by atoms with Crippen molar-refractivity contribution in [3.05, 3.63) is 69.9 Å². The smallest absolute Gasteiger partial charge is 0.259 e. The summed E-state index contributed by atoms with van der Waals surface area (Å²) < 4.78 is 7.43. The number of rotatable bonds is 4. The van der Waals surface area contributed by atoms with E-state index in [4.69, 9.17) is 4.74 Å². The van der Waals surface area contributed by atoms with E-state index in [9.17, 15) is 9.59 Å². The molecule has 164 valence electrons. The van der Waals surface area contributed by atoms with Crippen molar-refractivity contribution in [3.8, 4) is 0 Å². The molecule has 1 aromatic carbocycles. The van der Waals surface area contributed by atoms with Crippen molar-refractivity contribution < 1.29 is 9.53 Å². The number of nitrogens with one attached hydrogen (secondary N) is 2. The van der Waals surface area contributed by atoms with Crippen molar-refractivity contribution in [1.29, 1.82) is 0 Å². The summed E-state index contributed by atoms with van der Waals surface area (Å²) in [6.45, 7) is 5.13. The Balaban J connectivity index is 1.60. The minimum Gasteiger partial charge on any atom is -0.381 e. The maximum Gasteiger partial charge on any atom is 0.259 e. The number of aromatic nitrogens is 4. The van der Waals surface area contributed by atoms with Gasteiger partial charge in [0.2, 0.25) is 0 Å². The Morgan fingerprint density at radius 2 is 2.06 bits per heavy atom. The van der Waals surface area contributed by atoms with Crippen LogP contribution in [0.4, 0.5) is 0 Å². The molecule has 0 bridgehead atoms. The van der Waals surface area contributed by atoms with Gasteiger partial charge in [0.05, 0.1) is 40.4 Å². The molecule has 0 radical (unpaired) electrons. The van der Waals surface area contributed by atoms with Gasteiger partial charge in [-0.05, 0) is 56.5 Å². The molecule has 8 heteroatoms. The van der Waals surface area contributed by atoms with Crippen LogP contribution in [0.3, 0.4) is 0 Å². The van der Waals surface area contributed by atoms with Gasteiger partial charge >= 0.3 is 0 Å². The standard InChI is InChI=1S/C24H25N5O3/c1-14-11-21-18(12-17(14)23(30)27-15(2)20-5-3-4-8-25-20)22-19(24(31)28-21)13-26-29(22)16-6-9-32-10-7-16/h3-5,8,11-13,15-16H,6-7,9-10H2,1-2H3,(H,27,30)(H,28,31). The van der Waals surface area contributed by atoms with Gasteiger partial charge in [0.1, 0.15) is 0 Å². The predicted octanol–water partition coefficient (Wildman–Crippen LogP) is 3.42. The first-order chi connectivity index (χ1) is 15.5. The van der Waals surface area contributed by atoms with E-state index < -0.39 is 0 Å². The van der Waals surface area contributed by atoms with Gasteiger partial charge in [-0.3, -0.25) is 19.3 Å². The highest BCUT2D eigenvalue weighted by Crippen LogP contribution is 2.30. The van der Waals surface area contributed by atoms with Gasteiger partial charge < -0.3 is 15.0 Å². The molecule has 1 fully saturated rings. The highest BCUT2D eigenvalue weighted by atomic mass is 16.5. The summed E-state index contributed by atoms with van der Waals surface area (Å²) in [4.78, 5) is 33.1. The van der Waals surface area contributed by atoms with Gasteiger partial charge in [-0.15, -0.1) is 0 Å². The monoisotopic (exact) mass is 431 g/mol. The molecule has 1 unspecified atom stereocenters. The molecule has 0 aliphatic carbocycles. The Bertz CT molecular complexity index is 1350. The number of carbonyl (C=O) groups excluding carboxylic acids is 1. The van der Waals surface area contributed by atoms with Gasteiger partial charge in [-0.1, -0.05) is 6.07 Å². The molecule has 0 saturated carbocycles. The Kier molecular flexibility index (Phi) is 5.22. The number of fused-ring (bicyclic) bond motifs is 3. The Morgan fingerprint density at radius 1 is 1.25 bits per heavy atom. The van der Waals surface area contributed by atoms with Crippen LogP contribution in [-0.4, -0.2) is 38.9 Å². The Labute approximate surface area is 184 Å². The van der Waals surface area contributed by atoms with Crippen LogP contribution in [0.25, 0.3) is 21.8 Å². The van der Waals surface area contributed by atoms with E-state index in [1.807, 2.05) is 48.9 Å². The van der Waals surface area contributed by atoms with Crippen molar-refractivity contribution in [2.45, 2.75) is 38.8 Å². The van der Waals surface area contributed by atoms with Crippen molar-refractivity contribution in [2.24, 2.45) is 0 Å². The lowest BCUT2D eigenvalue weighted by Gasteiger charge is -2.23. The number of aryl methyl sites for hydroxylation is 1. The molecule has 4 heterocycles. The normalized spacial score (nSPS) is 15.8. The minimum absolute atomic E-state index is 0.161. The lowest BCUT2D eigenvalue weighted by Crippen LogP contribution is -2.28. The number of aromatic amines is 1. The molecule has 1 aliphatic rings. The second-order valence-electron chi connectivity index (χ2n) is 8.31. The molecule has 5 rings (SSSR count). The molecular formula is C24H25N5O3. The second-order valence-corrected chi connectivity index (χ2v) is 8.31. The maximum absolute atomic E-state index is 13.2. The number of hydrogen-bond donors (Lipinski definition) is 2. The Morgan fingerprint density at radius 3 is 2.81 bits per heavy atom. The molecular weight excluding hydrogens is 406 g/mol. The third-order valence-corrected chi connectivity index (χ3v) is 6.17. The maximum atomic E-state index is 13.2. The summed E-state index contributed by atoms with van der Waals surface area (Å²) in [6, 6.07) is 9.28. The van der Waals surface area contributed by atoms with Gasteiger partial charge in [0.25, 0.3) is 11.5 Å². The van der Waals surface area contributed by atoms with Gasteiger partial charge in [0, 0.05) is 30.4 Å². The number of amides is 1. The summed E-state index contributed by atoms with van der Waals surface area (Å²) in [5, 5.41) is 8.92. The van der Waals surface area contributed by atoms with Gasteiger partial charge in [0.15, 0.2) is 0 Å². The first kappa shape index (κ1) is 20.4. The fraction of sp³-hybridized carbons (Fsp3) is 0.333. The molecule has 32 heavy (non-hydrogen) atoms. The van der Waals surface area contributed by atoms with Crippen LogP contribution in [-0.2, 0) is 4.74 Å². The van der Waals surface area contributed by atoms with E-state index >= 15 is 0 Å². The third kappa shape index (κ3) is 3.56. The molecule has 1 atom stereocenters. The van der Waals surface area contributed by atoms with Crippen LogP contribution in [0.1, 0.15) is 53.5 Å². The number of carbonyl (C=O) groups is 1. The van der Waals surface area contributed by atoms with Crippen LogP contribution >= 0.6 is 0 Å². The van der Waals surface area contributed by atoms with Gasteiger partial charge in [-0.25, -0.2) is 0 Å². The summed E-state index contributed by atoms with van der Waals surface area (Å²) in [5.74, 6) is -0.181. The highest BCUT2D eigenvalue weighted by Gasteiger charge is 2.22. The number of ether oxygens (including phenoxy) is 1. The van der Waals surface area contributed by atoms with Crippen LogP contribution in [0.15, 0.2) is 47.5 Å². The van der Waals surface area contributed by atoms with Crippen LogP contribution in [0, 0.1) is 6.92 Å². The minimum atomic E-state index is -0.234. The molecule has 3 aromatic heterocycles. The number of H-pyrrole nitrogens is 1. The molecule has 0 spiro atoms. The summed E-state index contributed by atoms with van der Waals surface area (Å²) in [7, 11) is 0. The number of pyridine rings is 2. The third-order valence-electron chi connectivity index (χ3n) is 6.17. The largest absolute Gasteiger partial charge is 0.381 e. The number of hydrogen-bond acceptors (Lipinski definition) is 5. The van der Waals surface area contributed by atoms with Crippen LogP contribution in [0.5, 0.6) is 0 Å². The van der Waals surface area contributed by atoms with Crippen molar-refractivity contribution in [1.82, 2.24) is 25.1 Å². The van der Waals surface area contributed by atoms with E-state index in [1.54, 1.807) is 12.4 Å². The van der Waals surface area contributed by atoms with Crippen molar-refractivity contribution >= 4 is 27.7 Å². The zero-order chi connectivity index (χ0) is 22.2. The van der Waals surface area contributed by atoms with Gasteiger partial charge in [-0.2, -0.15) is 5.10 Å². The average Bonchev–Trinajstić information content (AvgIpc) is 3.26. The first-order valence-electron chi connectivity index (χ1n) is 10.9. The summed E-state index contributed by atoms with van der Waals surface area (Å²) in [6.07, 6.45) is 5.01. The van der Waals surface area contributed by atoms with Crippen LogP contribution in [0.2, 0.25) is 0 Å². The first-order valence-corrected chi connectivity index (χ1v) is 10.9. The highest BCUT2D eigenvalue weighted by molar-refractivity contribution is 6.07. The molecule has 2 N–H and O–H groups in total. The summed E-state index contributed by atoms with van der Waals surface area (Å²) >= 11 is 0. The number of benzene rings is 1. The SMILES string of the molecule is Cc1cc2[nH]c(=O)c3cnn(C4CCOCC4)c3c2cc1C(=O)NC(C)c1ccccn1. The second kappa shape index (κ2) is 8.20. The van der Waals surface area contributed by atoms with Crippen LogP contribution < -0.4 is 10.9 Å². The number of nitrogens with zero attached hydrogens (tertiary/aromatic N) is 3. The fourth-order valence-corrected chi connectivity index (χ4v) is 4.43. The predicted molar refractivity (Wildman–Crippen MR) is 122 cm³/mol. The quantitative estimate of drug-likeness (QED) is 0.516. The van der Waals surface area contributed by atoms with E-state index in [1.165, 1.54) is 0 Å². The lowest BCUT2D eigenvalue weighted by molar-refractivity contribution is 0.0675. The molecule has 1 saturated heterocycles.